The van der Waals surface area contributed by atoms with Gasteiger partial charge in [-0.1, -0.05) is 152 Å². The number of ether oxygens (including phenoxy) is 2. The normalized spacial score (nSPS) is 15.0. The Morgan fingerprint density at radius 3 is 1.44 bits per heavy atom. The van der Waals surface area contributed by atoms with E-state index in [1.165, 1.54) is 70.6 Å². The predicted octanol–water partition coefficient (Wildman–Crippen LogP) is 11.1. The molecule has 0 aromatic rings. The van der Waals surface area contributed by atoms with Gasteiger partial charge in [0.05, 0.1) is 25.9 Å². The number of aliphatic hydroxyl groups excluding tert-OH is 2. The van der Waals surface area contributed by atoms with Crippen molar-refractivity contribution >= 4 is 27.6 Å². The summed E-state index contributed by atoms with van der Waals surface area (Å²) >= 11 is 0. The number of unbranched alkanes of at least 4 members (excludes halogenated alkanes) is 15. The van der Waals surface area contributed by atoms with Gasteiger partial charge in [-0.05, 0) is 70.6 Å². The number of hydrogen-bond acceptors (Lipinski definition) is 11. The highest BCUT2D eigenvalue weighted by molar-refractivity contribution is 7.47. The maximum absolute atomic E-state index is 12.7. The molecule has 1 unspecified atom stereocenters. The van der Waals surface area contributed by atoms with Gasteiger partial charge in [0.1, 0.15) is 12.7 Å². The van der Waals surface area contributed by atoms with E-state index in [2.05, 4.69) is 59.4 Å². The van der Waals surface area contributed by atoms with Crippen molar-refractivity contribution in [1.82, 2.24) is 0 Å². The molecule has 0 fully saturated rings. The summed E-state index contributed by atoms with van der Waals surface area (Å²) in [5, 5.41) is 19.0. The molecule has 0 aromatic heterocycles. The van der Waals surface area contributed by atoms with Gasteiger partial charge in [-0.2, -0.15) is 0 Å². The summed E-state index contributed by atoms with van der Waals surface area (Å²) in [6.45, 7) is 3.58. The fraction of sp³-hybridized carbons (Fsp3) is 0.783. The number of esters is 2. The number of phosphoric acid groups is 2. The molecule has 0 heterocycles. The molecule has 0 aromatic carbocycles. The molecule has 0 saturated carbocycles. The molecule has 362 valence electrons. The van der Waals surface area contributed by atoms with Crippen molar-refractivity contribution in [1.29, 1.82) is 0 Å². The number of phosphoric ester groups is 2. The van der Waals surface area contributed by atoms with Crippen LogP contribution in [0.1, 0.15) is 181 Å². The maximum Gasteiger partial charge on any atom is 0.472 e. The summed E-state index contributed by atoms with van der Waals surface area (Å²) in [6.07, 6.45) is 38.1. The first-order valence-electron chi connectivity index (χ1n) is 23.2. The summed E-state index contributed by atoms with van der Waals surface area (Å²) < 4.78 is 47.8. The number of hydrogen-bond donors (Lipinski definition) is 5. The zero-order valence-corrected chi connectivity index (χ0v) is 40.0. The van der Waals surface area contributed by atoms with Crippen molar-refractivity contribution in [3.05, 3.63) is 48.6 Å². The lowest BCUT2D eigenvalue weighted by molar-refractivity contribution is -0.161. The lowest BCUT2D eigenvalue weighted by atomic mass is 10.0. The van der Waals surface area contributed by atoms with Crippen LogP contribution < -0.4 is 0 Å². The average molecular weight is 923 g/mol. The SMILES string of the molecule is CC(C)CCCCCCCCCCCCCCCCC(=O)OC[C@H](COP(=O)(O)OC[C@@H](O)COP(=O)(O)O)OC(=O)CCC/C=C\C/C=C\C/C=C\C/C=C\CCC[C@H](C)O. The van der Waals surface area contributed by atoms with Crippen LogP contribution in [0.25, 0.3) is 0 Å². The lowest BCUT2D eigenvalue weighted by Crippen LogP contribution is -2.29. The molecule has 0 rings (SSSR count). The second kappa shape index (κ2) is 40.5. The Morgan fingerprint density at radius 2 is 0.935 bits per heavy atom. The van der Waals surface area contributed by atoms with Crippen LogP contribution in [0.4, 0.5) is 0 Å². The molecule has 0 aliphatic carbocycles. The number of carbonyl (C=O) groups is 2. The molecule has 0 amide bonds. The molecule has 14 nitrogen and oxygen atoms in total. The first kappa shape index (κ1) is 60.0. The van der Waals surface area contributed by atoms with Gasteiger partial charge in [0.15, 0.2) is 6.10 Å². The van der Waals surface area contributed by atoms with E-state index in [0.717, 1.165) is 63.7 Å². The molecular formula is C46H84O14P2. The Hall–Kier alpha value is -1.96. The molecule has 0 aliphatic rings. The maximum atomic E-state index is 12.7. The van der Waals surface area contributed by atoms with Crippen LogP contribution in [0.3, 0.4) is 0 Å². The smallest absolute Gasteiger partial charge is 0.462 e. The Morgan fingerprint density at radius 1 is 0.500 bits per heavy atom. The summed E-state index contributed by atoms with van der Waals surface area (Å²) in [7, 11) is -9.71. The minimum atomic E-state index is -4.87. The molecule has 4 atom stereocenters. The first-order valence-corrected chi connectivity index (χ1v) is 26.2. The van der Waals surface area contributed by atoms with E-state index in [1.807, 2.05) is 12.2 Å². The van der Waals surface area contributed by atoms with Gasteiger partial charge in [-0.3, -0.25) is 23.2 Å². The van der Waals surface area contributed by atoms with E-state index in [0.29, 0.717) is 19.3 Å². The summed E-state index contributed by atoms with van der Waals surface area (Å²) in [6, 6.07) is 0. The topological polar surface area (TPSA) is 216 Å². The van der Waals surface area contributed by atoms with Gasteiger partial charge in [0.2, 0.25) is 0 Å². The van der Waals surface area contributed by atoms with Crippen LogP contribution in [-0.2, 0) is 41.8 Å². The second-order valence-electron chi connectivity index (χ2n) is 16.4. The molecular weight excluding hydrogens is 838 g/mol. The number of allylic oxidation sites excluding steroid dienone is 8. The summed E-state index contributed by atoms with van der Waals surface area (Å²) in [5.74, 6) is -0.303. The molecule has 0 aliphatic heterocycles. The van der Waals surface area contributed by atoms with Crippen LogP contribution in [0.15, 0.2) is 48.6 Å². The minimum absolute atomic E-state index is 0.0438. The van der Waals surface area contributed by atoms with Gasteiger partial charge in [0, 0.05) is 12.8 Å². The molecule has 62 heavy (non-hydrogen) atoms. The van der Waals surface area contributed by atoms with E-state index in [9.17, 15) is 33.8 Å². The molecule has 16 heteroatoms. The zero-order valence-electron chi connectivity index (χ0n) is 38.2. The highest BCUT2D eigenvalue weighted by atomic mass is 31.2. The fourth-order valence-corrected chi connectivity index (χ4v) is 7.29. The standard InChI is InChI=1S/C46H84O14P2/c1-41(2)33-29-25-21-17-13-9-7-8-11-15-19-23-27-31-35-45(49)56-39-44(40-59-62(54,55)58-38-43(48)37-57-61(51,52)53)60-46(50)36-32-28-24-20-16-12-6-4-5-10-14-18-22-26-30-34-42(3)47/h5-6,10,12,18,20,22,24,41-44,47-48H,4,7-9,11,13-17,19,21,23,25-40H2,1-3H3,(H,54,55)(H2,51,52,53)/b10-5-,12-6-,22-18-,24-20-/t42-,43-,44+/m0/s1. The Bertz CT molecular complexity index is 1310. The fourth-order valence-electron chi connectivity index (χ4n) is 6.13. The van der Waals surface area contributed by atoms with Crippen LogP contribution in [0, 0.1) is 5.92 Å². The lowest BCUT2D eigenvalue weighted by Gasteiger charge is -2.20. The van der Waals surface area contributed by atoms with Gasteiger partial charge in [-0.25, -0.2) is 9.13 Å². The van der Waals surface area contributed by atoms with Crippen LogP contribution >= 0.6 is 15.6 Å². The molecule has 0 spiro atoms. The summed E-state index contributed by atoms with van der Waals surface area (Å²) in [4.78, 5) is 52.8. The third kappa shape index (κ3) is 46.0. The third-order valence-electron chi connectivity index (χ3n) is 9.66. The van der Waals surface area contributed by atoms with Crippen molar-refractivity contribution in [3.63, 3.8) is 0 Å². The number of aliphatic hydroxyl groups is 2. The van der Waals surface area contributed by atoms with E-state index in [-0.39, 0.29) is 18.9 Å². The van der Waals surface area contributed by atoms with Gasteiger partial charge in [0.25, 0.3) is 0 Å². The van der Waals surface area contributed by atoms with Gasteiger partial charge in [-0.15, -0.1) is 0 Å². The Balaban J connectivity index is 4.56. The highest BCUT2D eigenvalue weighted by Crippen LogP contribution is 2.43. The molecule has 5 N–H and O–H groups in total. The van der Waals surface area contributed by atoms with Crippen molar-refractivity contribution in [2.75, 3.05) is 26.4 Å². The Labute approximate surface area is 373 Å². The first-order chi connectivity index (χ1) is 29.6. The largest absolute Gasteiger partial charge is 0.472 e. The van der Waals surface area contributed by atoms with Crippen molar-refractivity contribution in [2.24, 2.45) is 5.92 Å². The van der Waals surface area contributed by atoms with Gasteiger partial charge < -0.3 is 34.4 Å². The zero-order chi connectivity index (χ0) is 46.2. The predicted molar refractivity (Wildman–Crippen MR) is 245 cm³/mol. The van der Waals surface area contributed by atoms with Crippen molar-refractivity contribution in [2.45, 2.75) is 200 Å². The molecule has 0 saturated heterocycles. The minimum Gasteiger partial charge on any atom is -0.462 e. The van der Waals surface area contributed by atoms with Crippen LogP contribution in [0.2, 0.25) is 0 Å². The van der Waals surface area contributed by atoms with Crippen molar-refractivity contribution in [3.8, 4) is 0 Å². The van der Waals surface area contributed by atoms with E-state index < -0.39 is 66.2 Å². The van der Waals surface area contributed by atoms with Gasteiger partial charge >= 0.3 is 27.6 Å². The summed E-state index contributed by atoms with van der Waals surface area (Å²) in [5.41, 5.74) is 0. The van der Waals surface area contributed by atoms with Crippen LogP contribution in [-0.4, -0.2) is 81.6 Å². The highest BCUT2D eigenvalue weighted by Gasteiger charge is 2.28. The number of rotatable bonds is 43. The van der Waals surface area contributed by atoms with Crippen LogP contribution in [0.5, 0.6) is 0 Å². The molecule has 0 bridgehead atoms. The van der Waals surface area contributed by atoms with Crippen molar-refractivity contribution < 1.29 is 66.7 Å². The quantitative estimate of drug-likeness (QED) is 0.0166. The monoisotopic (exact) mass is 923 g/mol. The van der Waals surface area contributed by atoms with E-state index >= 15 is 0 Å². The Kier molecular flexibility index (Phi) is 39.3. The third-order valence-corrected chi connectivity index (χ3v) is 11.1. The van der Waals surface area contributed by atoms with E-state index in [4.69, 9.17) is 23.8 Å². The van der Waals surface area contributed by atoms with E-state index in [1.54, 1.807) is 6.92 Å². The average Bonchev–Trinajstić information content (AvgIpc) is 3.20. The second-order valence-corrected chi connectivity index (χ2v) is 19.1. The number of carbonyl (C=O) groups excluding carboxylic acids is 2. The molecule has 0 radical (unpaired) electrons.